The first-order chi connectivity index (χ1) is 67.3. The molecular formula is C121H79Br2N13. The Kier molecular flexibility index (Phi) is 21.3. The number of hydrogen-bond acceptors (Lipinski definition) is 10. The number of fused-ring (bicyclic) bond motifs is 14. The van der Waals surface area contributed by atoms with Gasteiger partial charge in [-0.2, -0.15) is 0 Å². The Balaban J connectivity index is 0.000000151. The lowest BCUT2D eigenvalue weighted by molar-refractivity contribution is 1.17. The Morgan fingerprint density at radius 3 is 0.779 bits per heavy atom. The smallest absolute Gasteiger partial charge is 0.0973 e. The van der Waals surface area contributed by atoms with E-state index in [0.717, 1.165) is 171 Å². The summed E-state index contributed by atoms with van der Waals surface area (Å²) < 4.78 is 9.13. The third-order valence-electron chi connectivity index (χ3n) is 25.4. The molecule has 0 saturated carbocycles. The van der Waals surface area contributed by atoms with E-state index in [9.17, 15) is 0 Å². The molecule has 0 aliphatic carbocycles. The summed E-state index contributed by atoms with van der Waals surface area (Å²) in [6.07, 6.45) is 5.57. The number of halogens is 2. The van der Waals surface area contributed by atoms with E-state index < -0.39 is 0 Å². The van der Waals surface area contributed by atoms with Crippen molar-refractivity contribution in [1.82, 2.24) is 48.6 Å². The Morgan fingerprint density at radius 1 is 0.213 bits per heavy atom. The Bertz CT molecular complexity index is 8460. The van der Waals surface area contributed by atoms with Gasteiger partial charge in [0, 0.05) is 144 Å². The molecule has 26 rings (SSSR count). The molecule has 26 aromatic rings. The van der Waals surface area contributed by atoms with Crippen molar-refractivity contribution < 1.29 is 0 Å². The van der Waals surface area contributed by atoms with Crippen LogP contribution in [0.4, 0.5) is 45.5 Å². The molecule has 0 aliphatic heterocycles. The summed E-state index contributed by atoms with van der Waals surface area (Å²) in [5, 5.41) is 14.3. The normalized spacial score (nSPS) is 11.5. The third kappa shape index (κ3) is 15.3. The fourth-order valence-corrected chi connectivity index (χ4v) is 19.6. The Hall–Kier alpha value is -17.4. The zero-order chi connectivity index (χ0) is 90.5. The van der Waals surface area contributed by atoms with Crippen molar-refractivity contribution in [2.75, 3.05) is 15.1 Å². The number of aromatic nitrogens is 10. The van der Waals surface area contributed by atoms with Crippen molar-refractivity contribution in [3.05, 3.63) is 483 Å². The highest BCUT2D eigenvalue weighted by Gasteiger charge is 2.25. The molecule has 0 unspecified atom stereocenters. The number of pyridine rings is 3. The van der Waals surface area contributed by atoms with Crippen molar-refractivity contribution in [2.24, 2.45) is 0 Å². The molecule has 15 heteroatoms. The number of anilines is 8. The first-order valence-electron chi connectivity index (χ1n) is 45.2. The molecule has 0 fully saturated rings. The minimum absolute atomic E-state index is 0.794. The summed E-state index contributed by atoms with van der Waals surface area (Å²) in [5.74, 6) is 0. The van der Waals surface area contributed by atoms with Gasteiger partial charge in [0.15, 0.2) is 0 Å². The van der Waals surface area contributed by atoms with Gasteiger partial charge in [-0.1, -0.05) is 268 Å². The standard InChI is InChI=1S/C74H48N8.C27H19N3.C20H12Br2N2/c1-7-25-65-59(19-1)60-20-2-8-26-66(60)81(65)57-43-39-55(40-44-57)79(69-29-11-15-49-17-13-47-75-71(49)69)53-35-31-51(32-36-53)73-74(78-64-24-6-5-23-63(64)77-73)52-33-37-54(38-34-52)80(70-30-12-16-50-18-14-48-76-72(50)70)56-41-45-58(46-42-56)82-67-27-9-3-21-61(67)62-22-4-10-28-68(62)82;1-3-12-25-22(9-1)23-10-2-4-13-26(23)30(25)21-16-14-20(15-17-21)29-24-11-5-7-19-8-6-18-28-27(19)24;21-15-9-5-13(6-10-15)19-20(14-7-11-16(22)12-8-14)24-18-4-2-1-3-17(18)23-19/h1-48H;1-18,29H;1-12H. The van der Waals surface area contributed by atoms with Crippen molar-refractivity contribution >= 4 is 198 Å². The van der Waals surface area contributed by atoms with Crippen molar-refractivity contribution in [3.8, 4) is 62.1 Å². The molecule has 0 radical (unpaired) electrons. The molecule has 0 amide bonds. The molecule has 0 aliphatic rings. The molecular weight excluding hydrogens is 1800 g/mol. The number of hydrogen-bond donors (Lipinski definition) is 1. The lowest BCUT2D eigenvalue weighted by Crippen LogP contribution is -2.11. The van der Waals surface area contributed by atoms with E-state index in [4.69, 9.17) is 29.9 Å². The van der Waals surface area contributed by atoms with E-state index in [1.165, 1.54) is 65.4 Å². The highest BCUT2D eigenvalue weighted by molar-refractivity contribution is 9.10. The zero-order valence-electron chi connectivity index (χ0n) is 73.2. The molecule has 0 spiro atoms. The molecule has 8 aromatic heterocycles. The summed E-state index contributed by atoms with van der Waals surface area (Å²) in [5.41, 5.74) is 32.1. The van der Waals surface area contributed by atoms with Crippen molar-refractivity contribution in [2.45, 2.75) is 0 Å². The summed E-state index contributed by atoms with van der Waals surface area (Å²) in [4.78, 5) is 39.5. The minimum atomic E-state index is 0.794. The lowest BCUT2D eigenvalue weighted by atomic mass is 10.0. The van der Waals surface area contributed by atoms with Crippen LogP contribution < -0.4 is 15.1 Å². The number of nitrogens with one attached hydrogen (secondary N) is 1. The Labute approximate surface area is 799 Å². The predicted molar refractivity (Wildman–Crippen MR) is 571 cm³/mol. The Morgan fingerprint density at radius 2 is 0.463 bits per heavy atom. The van der Waals surface area contributed by atoms with Gasteiger partial charge in [-0.05, 0) is 218 Å². The maximum absolute atomic E-state index is 5.38. The monoisotopic (exact) mass is 1870 g/mol. The average molecular weight is 1870 g/mol. The fourth-order valence-electron chi connectivity index (χ4n) is 19.1. The van der Waals surface area contributed by atoms with Crippen LogP contribution >= 0.6 is 31.9 Å². The SMILES string of the molecule is Brc1ccc(-c2nc3ccccc3nc2-c2ccc(Br)cc2)cc1.c1cnc2c(N(c3ccc(-c4nc5ccccc5nc4-c4ccc(N(c5ccc(-n6c7ccccc7c7ccccc76)cc5)c5cccc6cccnc56)cc4)cc3)c3ccc(-n4c5ccccc5c5ccccc54)cc3)cccc2c1.c1cnc2c(Nc3ccc(-n4c5ccccc5c5ccccc54)cc3)cccc2c1. The van der Waals surface area contributed by atoms with Crippen LogP contribution in [0.25, 0.3) is 182 Å². The van der Waals surface area contributed by atoms with Crippen molar-refractivity contribution in [1.29, 1.82) is 0 Å². The maximum Gasteiger partial charge on any atom is 0.0973 e. The second kappa shape index (κ2) is 35.4. The van der Waals surface area contributed by atoms with Gasteiger partial charge in [-0.3, -0.25) is 15.0 Å². The third-order valence-corrected chi connectivity index (χ3v) is 26.4. The zero-order valence-corrected chi connectivity index (χ0v) is 76.3. The first-order valence-corrected chi connectivity index (χ1v) is 46.8. The minimum Gasteiger partial charge on any atom is -0.354 e. The lowest BCUT2D eigenvalue weighted by Gasteiger charge is -2.27. The largest absolute Gasteiger partial charge is 0.354 e. The quantitative estimate of drug-likeness (QED) is 0.106. The highest BCUT2D eigenvalue weighted by Crippen LogP contribution is 2.46. The second-order valence-corrected chi connectivity index (χ2v) is 35.3. The topological polar surface area (TPSA) is 124 Å². The van der Waals surface area contributed by atoms with Crippen LogP contribution in [0.15, 0.2) is 483 Å². The van der Waals surface area contributed by atoms with E-state index in [2.05, 4.69) is 430 Å². The van der Waals surface area contributed by atoms with Crippen molar-refractivity contribution in [3.63, 3.8) is 0 Å². The highest BCUT2D eigenvalue weighted by atomic mass is 79.9. The first kappa shape index (κ1) is 81.8. The van der Waals surface area contributed by atoms with E-state index >= 15 is 0 Å². The van der Waals surface area contributed by atoms with Crippen LogP contribution in [-0.4, -0.2) is 48.6 Å². The predicted octanol–water partition coefficient (Wildman–Crippen LogP) is 32.8. The molecule has 642 valence electrons. The second-order valence-electron chi connectivity index (χ2n) is 33.5. The van der Waals surface area contributed by atoms with E-state index in [1.54, 1.807) is 0 Å². The molecule has 136 heavy (non-hydrogen) atoms. The van der Waals surface area contributed by atoms with Crippen LogP contribution in [0, 0.1) is 0 Å². The fraction of sp³-hybridized carbons (Fsp3) is 0. The molecule has 0 saturated heterocycles. The summed E-state index contributed by atoms with van der Waals surface area (Å²) in [7, 11) is 0. The summed E-state index contributed by atoms with van der Waals surface area (Å²) in [6, 6.07) is 159. The van der Waals surface area contributed by atoms with Gasteiger partial charge >= 0.3 is 0 Å². The maximum atomic E-state index is 5.38. The van der Waals surface area contributed by atoms with Crippen LogP contribution in [0.3, 0.4) is 0 Å². The number of benzene rings is 18. The van der Waals surface area contributed by atoms with Gasteiger partial charge in [0.1, 0.15) is 0 Å². The van der Waals surface area contributed by atoms with E-state index in [0.29, 0.717) is 0 Å². The van der Waals surface area contributed by atoms with Gasteiger partial charge in [-0.15, -0.1) is 0 Å². The van der Waals surface area contributed by atoms with Gasteiger partial charge in [0.25, 0.3) is 0 Å². The van der Waals surface area contributed by atoms with Crippen LogP contribution in [0.2, 0.25) is 0 Å². The van der Waals surface area contributed by atoms with Crippen LogP contribution in [0.5, 0.6) is 0 Å². The molecule has 8 heterocycles. The summed E-state index contributed by atoms with van der Waals surface area (Å²) in [6.45, 7) is 0. The number of rotatable bonds is 15. The molecule has 0 bridgehead atoms. The van der Waals surface area contributed by atoms with Crippen LogP contribution in [0.1, 0.15) is 0 Å². The van der Waals surface area contributed by atoms with E-state index in [1.807, 2.05) is 110 Å². The van der Waals surface area contributed by atoms with Crippen LogP contribution in [-0.2, 0) is 0 Å². The van der Waals surface area contributed by atoms with Gasteiger partial charge in [-0.25, -0.2) is 19.9 Å². The number of para-hydroxylation sites is 13. The van der Waals surface area contributed by atoms with E-state index in [-0.39, 0.29) is 0 Å². The van der Waals surface area contributed by atoms with Gasteiger partial charge in [0.2, 0.25) is 0 Å². The van der Waals surface area contributed by atoms with Gasteiger partial charge in [0.05, 0.1) is 112 Å². The molecule has 1 N–H and O–H groups in total. The molecule has 18 aromatic carbocycles. The molecule has 0 atom stereocenters. The summed E-state index contributed by atoms with van der Waals surface area (Å²) >= 11 is 6.98. The number of nitrogens with zero attached hydrogens (tertiary/aromatic N) is 12. The van der Waals surface area contributed by atoms with Gasteiger partial charge < -0.3 is 28.8 Å². The molecule has 13 nitrogen and oxygen atoms in total. The average Bonchev–Trinajstić information content (AvgIpc) is 1.67.